The third-order valence-electron chi connectivity index (χ3n) is 5.73. The molecular weight excluding hydrogens is 400 g/mol. The number of pyridine rings is 1. The molecule has 3 heterocycles. The van der Waals surface area contributed by atoms with Crippen molar-refractivity contribution in [3.8, 4) is 11.4 Å². The zero-order valence-electron chi connectivity index (χ0n) is 17.2. The van der Waals surface area contributed by atoms with Crippen LogP contribution in [0.2, 0.25) is 0 Å². The van der Waals surface area contributed by atoms with E-state index in [0.29, 0.717) is 31.6 Å². The molecule has 4 rings (SSSR count). The predicted octanol–water partition coefficient (Wildman–Crippen LogP) is 2.75. The molecule has 3 N–H and O–H groups in total. The van der Waals surface area contributed by atoms with Crippen molar-refractivity contribution in [2.75, 3.05) is 18.0 Å². The molecule has 3 atom stereocenters. The summed E-state index contributed by atoms with van der Waals surface area (Å²) in [4.78, 5) is 14.9. The van der Waals surface area contributed by atoms with Crippen LogP contribution in [-0.2, 0) is 12.8 Å². The van der Waals surface area contributed by atoms with E-state index in [9.17, 15) is 13.9 Å². The molecule has 0 aliphatic carbocycles. The number of rotatable bonds is 5. The minimum atomic E-state index is -0.690. The summed E-state index contributed by atoms with van der Waals surface area (Å²) in [6, 6.07) is 7.08. The molecule has 2 aromatic heterocycles. The number of aryl methyl sites for hydroxylation is 2. The average molecular weight is 425 g/mol. The van der Waals surface area contributed by atoms with Crippen molar-refractivity contribution in [3.63, 3.8) is 0 Å². The number of hydrogen-bond donors (Lipinski definition) is 2. The van der Waals surface area contributed by atoms with Crippen LogP contribution < -0.4 is 10.6 Å². The maximum Gasteiger partial charge on any atom is 0.165 e. The third-order valence-corrected chi connectivity index (χ3v) is 5.73. The molecule has 8 heteroatoms. The van der Waals surface area contributed by atoms with Gasteiger partial charge in [0.25, 0.3) is 0 Å². The van der Waals surface area contributed by atoms with Crippen molar-refractivity contribution < 1.29 is 13.9 Å². The van der Waals surface area contributed by atoms with Gasteiger partial charge in [0, 0.05) is 55.0 Å². The number of aliphatic hydroxyl groups is 1. The van der Waals surface area contributed by atoms with Gasteiger partial charge in [0.2, 0.25) is 0 Å². The average Bonchev–Trinajstić information content (AvgIpc) is 2.76. The van der Waals surface area contributed by atoms with Crippen LogP contribution in [0.15, 0.2) is 48.9 Å². The number of halogens is 2. The third kappa shape index (κ3) is 4.55. The molecule has 0 spiro atoms. The highest BCUT2D eigenvalue weighted by molar-refractivity contribution is 5.57. The smallest absolute Gasteiger partial charge is 0.165 e. The molecule has 1 fully saturated rings. The van der Waals surface area contributed by atoms with Gasteiger partial charge in [-0.15, -0.1) is 0 Å². The van der Waals surface area contributed by atoms with Crippen molar-refractivity contribution in [2.45, 2.75) is 31.9 Å². The van der Waals surface area contributed by atoms with E-state index in [-0.39, 0.29) is 23.3 Å². The maximum absolute atomic E-state index is 14.1. The van der Waals surface area contributed by atoms with E-state index < -0.39 is 17.7 Å². The van der Waals surface area contributed by atoms with Crippen LogP contribution in [0.3, 0.4) is 0 Å². The highest BCUT2D eigenvalue weighted by Crippen LogP contribution is 2.27. The molecule has 31 heavy (non-hydrogen) atoms. The second-order valence-corrected chi connectivity index (χ2v) is 8.01. The van der Waals surface area contributed by atoms with Crippen molar-refractivity contribution >= 4 is 5.69 Å². The first-order valence-corrected chi connectivity index (χ1v) is 10.3. The monoisotopic (exact) mass is 425 g/mol. The molecule has 1 aliphatic heterocycles. The Bertz CT molecular complexity index is 1030. The number of nitrogens with zero attached hydrogens (tertiary/aromatic N) is 4. The van der Waals surface area contributed by atoms with Crippen LogP contribution in [0, 0.1) is 17.6 Å². The molecule has 1 saturated heterocycles. The lowest BCUT2D eigenvalue weighted by Gasteiger charge is -2.40. The lowest BCUT2D eigenvalue weighted by atomic mass is 9.92. The predicted molar refractivity (Wildman–Crippen MR) is 114 cm³/mol. The summed E-state index contributed by atoms with van der Waals surface area (Å²) in [5.74, 6) is -1.29. The van der Waals surface area contributed by atoms with Crippen LogP contribution in [0.5, 0.6) is 0 Å². The van der Waals surface area contributed by atoms with Gasteiger partial charge in [-0.3, -0.25) is 4.98 Å². The molecule has 0 amide bonds. The standard InChI is InChI=1S/C23H25F2N5O/c1-14-12-30(13-19(26)22(14)31)20-8-9-27-11-15(20)5-6-16-7-10-28-23(29-16)21-17(24)3-2-4-18(21)25/h2-4,7-11,14,19,22,31H,5-6,12-13,26H2,1H3/t14-,19+,22+/m0/s1. The van der Waals surface area contributed by atoms with Crippen LogP contribution in [-0.4, -0.2) is 45.3 Å². The van der Waals surface area contributed by atoms with Crippen LogP contribution in [0.1, 0.15) is 18.2 Å². The van der Waals surface area contributed by atoms with E-state index in [2.05, 4.69) is 19.9 Å². The quantitative estimate of drug-likeness (QED) is 0.654. The van der Waals surface area contributed by atoms with Gasteiger partial charge in [0.1, 0.15) is 11.6 Å². The summed E-state index contributed by atoms with van der Waals surface area (Å²) >= 11 is 0. The lowest BCUT2D eigenvalue weighted by Crippen LogP contribution is -2.55. The van der Waals surface area contributed by atoms with Gasteiger partial charge < -0.3 is 15.7 Å². The molecule has 0 radical (unpaired) electrons. The van der Waals surface area contributed by atoms with Gasteiger partial charge in [0.05, 0.1) is 11.7 Å². The van der Waals surface area contributed by atoms with Crippen molar-refractivity contribution in [3.05, 3.63) is 71.8 Å². The highest BCUT2D eigenvalue weighted by Gasteiger charge is 2.31. The fourth-order valence-corrected chi connectivity index (χ4v) is 4.06. The zero-order valence-corrected chi connectivity index (χ0v) is 17.2. The fraction of sp³-hybridized carbons (Fsp3) is 0.348. The van der Waals surface area contributed by atoms with E-state index in [0.717, 1.165) is 11.3 Å². The Morgan fingerprint density at radius 2 is 1.87 bits per heavy atom. The Kier molecular flexibility index (Phi) is 6.20. The van der Waals surface area contributed by atoms with Gasteiger partial charge >= 0.3 is 0 Å². The largest absolute Gasteiger partial charge is 0.391 e. The highest BCUT2D eigenvalue weighted by atomic mass is 19.1. The molecule has 1 aromatic carbocycles. The van der Waals surface area contributed by atoms with Crippen LogP contribution >= 0.6 is 0 Å². The normalized spacial score (nSPS) is 21.3. The molecule has 1 aliphatic rings. The maximum atomic E-state index is 14.1. The molecule has 3 aromatic rings. The SMILES string of the molecule is C[C@H]1CN(c2ccncc2CCc2ccnc(-c3c(F)cccc3F)n2)C[C@@H](N)[C@@H]1O. The summed E-state index contributed by atoms with van der Waals surface area (Å²) in [7, 11) is 0. The van der Waals surface area contributed by atoms with Crippen molar-refractivity contribution in [1.29, 1.82) is 0 Å². The number of nitrogens with two attached hydrogens (primary N) is 1. The van der Waals surface area contributed by atoms with Crippen LogP contribution in [0.25, 0.3) is 11.4 Å². The molecule has 0 bridgehead atoms. The summed E-state index contributed by atoms with van der Waals surface area (Å²) in [5, 5.41) is 10.2. The van der Waals surface area contributed by atoms with E-state index >= 15 is 0 Å². The first kappa shape index (κ1) is 21.3. The number of hydrogen-bond acceptors (Lipinski definition) is 6. The minimum absolute atomic E-state index is 0.0318. The lowest BCUT2D eigenvalue weighted by molar-refractivity contribution is 0.0784. The van der Waals surface area contributed by atoms with E-state index in [1.807, 2.05) is 19.2 Å². The van der Waals surface area contributed by atoms with Gasteiger partial charge in [-0.2, -0.15) is 0 Å². The Morgan fingerprint density at radius 3 is 2.61 bits per heavy atom. The zero-order chi connectivity index (χ0) is 22.0. The van der Waals surface area contributed by atoms with E-state index in [1.54, 1.807) is 12.3 Å². The fourth-order valence-electron chi connectivity index (χ4n) is 4.06. The van der Waals surface area contributed by atoms with E-state index in [1.165, 1.54) is 24.4 Å². The Labute approximate surface area is 179 Å². The topological polar surface area (TPSA) is 88.2 Å². The molecule has 162 valence electrons. The first-order valence-electron chi connectivity index (χ1n) is 10.3. The molecule has 0 unspecified atom stereocenters. The second kappa shape index (κ2) is 9.03. The molecular formula is C23H25F2N5O. The Morgan fingerprint density at radius 1 is 1.10 bits per heavy atom. The molecule has 0 saturated carbocycles. The number of aliphatic hydroxyl groups excluding tert-OH is 1. The summed E-state index contributed by atoms with van der Waals surface area (Å²) in [6.07, 6.45) is 5.75. The minimum Gasteiger partial charge on any atom is -0.391 e. The Hall–Kier alpha value is -2.97. The van der Waals surface area contributed by atoms with Crippen molar-refractivity contribution in [2.24, 2.45) is 11.7 Å². The molecule has 6 nitrogen and oxygen atoms in total. The number of anilines is 1. The number of piperidine rings is 1. The second-order valence-electron chi connectivity index (χ2n) is 8.01. The summed E-state index contributed by atoms with van der Waals surface area (Å²) < 4.78 is 28.2. The van der Waals surface area contributed by atoms with Crippen LogP contribution in [0.4, 0.5) is 14.5 Å². The van der Waals surface area contributed by atoms with Gasteiger partial charge in [-0.25, -0.2) is 18.7 Å². The van der Waals surface area contributed by atoms with Gasteiger partial charge in [0.15, 0.2) is 5.82 Å². The van der Waals surface area contributed by atoms with Crippen molar-refractivity contribution in [1.82, 2.24) is 15.0 Å². The number of benzene rings is 1. The summed E-state index contributed by atoms with van der Waals surface area (Å²) in [5.41, 5.74) is 8.63. The van der Waals surface area contributed by atoms with E-state index in [4.69, 9.17) is 5.73 Å². The van der Waals surface area contributed by atoms with Gasteiger partial charge in [-0.1, -0.05) is 13.0 Å². The first-order chi connectivity index (χ1) is 14.9. The Balaban J connectivity index is 1.54. The van der Waals surface area contributed by atoms with Gasteiger partial charge in [-0.05, 0) is 42.7 Å². The summed E-state index contributed by atoms with van der Waals surface area (Å²) in [6.45, 7) is 3.25. The number of aromatic nitrogens is 3.